The standard InChI is InChI=1S/C10H15NO3/c11-10(2-1-3-12)7-4-8(13)6-9(14)5-7/h4-6,10,12-14H,1-3,11H2/t10-/m0/s1. The summed E-state index contributed by atoms with van der Waals surface area (Å²) in [5, 5.41) is 27.0. The van der Waals surface area contributed by atoms with Crippen molar-refractivity contribution >= 4 is 0 Å². The van der Waals surface area contributed by atoms with Gasteiger partial charge in [-0.25, -0.2) is 0 Å². The summed E-state index contributed by atoms with van der Waals surface area (Å²) in [6.07, 6.45) is 1.23. The second-order valence-electron chi connectivity index (χ2n) is 3.26. The third-order valence-electron chi connectivity index (χ3n) is 2.03. The van der Waals surface area contributed by atoms with Crippen LogP contribution in [0, 0.1) is 0 Å². The van der Waals surface area contributed by atoms with Crippen LogP contribution in [0.1, 0.15) is 24.4 Å². The van der Waals surface area contributed by atoms with Crippen LogP contribution in [-0.4, -0.2) is 21.9 Å². The highest BCUT2D eigenvalue weighted by Crippen LogP contribution is 2.25. The number of phenols is 2. The van der Waals surface area contributed by atoms with Gasteiger partial charge in [0.15, 0.2) is 0 Å². The lowest BCUT2D eigenvalue weighted by atomic mass is 10.0. The van der Waals surface area contributed by atoms with E-state index in [0.29, 0.717) is 18.4 Å². The molecule has 4 nitrogen and oxygen atoms in total. The van der Waals surface area contributed by atoms with Crippen LogP contribution in [0.2, 0.25) is 0 Å². The second-order valence-corrected chi connectivity index (χ2v) is 3.26. The summed E-state index contributed by atoms with van der Waals surface area (Å²) in [7, 11) is 0. The van der Waals surface area contributed by atoms with Crippen LogP contribution in [-0.2, 0) is 0 Å². The van der Waals surface area contributed by atoms with Crippen molar-refractivity contribution in [2.24, 2.45) is 5.73 Å². The molecule has 0 saturated heterocycles. The van der Waals surface area contributed by atoms with Crippen molar-refractivity contribution in [1.29, 1.82) is 0 Å². The van der Waals surface area contributed by atoms with E-state index >= 15 is 0 Å². The molecule has 0 aliphatic rings. The van der Waals surface area contributed by atoms with E-state index in [1.54, 1.807) is 0 Å². The second kappa shape index (κ2) is 4.83. The molecule has 0 aliphatic carbocycles. The Kier molecular flexibility index (Phi) is 3.73. The molecule has 0 fully saturated rings. The molecule has 1 aromatic rings. The fourth-order valence-corrected chi connectivity index (χ4v) is 1.31. The van der Waals surface area contributed by atoms with Crippen molar-refractivity contribution in [3.05, 3.63) is 23.8 Å². The maximum Gasteiger partial charge on any atom is 0.119 e. The van der Waals surface area contributed by atoms with E-state index in [-0.39, 0.29) is 24.1 Å². The van der Waals surface area contributed by atoms with E-state index in [4.69, 9.17) is 10.8 Å². The van der Waals surface area contributed by atoms with Crippen molar-refractivity contribution in [3.63, 3.8) is 0 Å². The molecule has 0 bridgehead atoms. The molecule has 0 aromatic heterocycles. The Hall–Kier alpha value is -1.26. The zero-order valence-electron chi connectivity index (χ0n) is 7.85. The largest absolute Gasteiger partial charge is 0.508 e. The molecule has 0 aliphatic heterocycles. The number of aromatic hydroxyl groups is 2. The van der Waals surface area contributed by atoms with Gasteiger partial charge in [-0.1, -0.05) is 0 Å². The molecular weight excluding hydrogens is 182 g/mol. The van der Waals surface area contributed by atoms with Crippen LogP contribution in [0.3, 0.4) is 0 Å². The van der Waals surface area contributed by atoms with Gasteiger partial charge in [0.2, 0.25) is 0 Å². The molecule has 78 valence electrons. The minimum Gasteiger partial charge on any atom is -0.508 e. The summed E-state index contributed by atoms with van der Waals surface area (Å²) in [6, 6.07) is 4.02. The third kappa shape index (κ3) is 2.90. The molecule has 5 N–H and O–H groups in total. The maximum absolute atomic E-state index is 9.20. The molecule has 0 radical (unpaired) electrons. The number of rotatable bonds is 4. The fraction of sp³-hybridized carbons (Fsp3) is 0.400. The third-order valence-corrected chi connectivity index (χ3v) is 2.03. The van der Waals surface area contributed by atoms with E-state index in [1.807, 2.05) is 0 Å². The van der Waals surface area contributed by atoms with Gasteiger partial charge < -0.3 is 21.1 Å². The first-order chi connectivity index (χ1) is 6.63. The van der Waals surface area contributed by atoms with E-state index in [9.17, 15) is 10.2 Å². The summed E-state index contributed by atoms with van der Waals surface area (Å²) >= 11 is 0. The monoisotopic (exact) mass is 197 g/mol. The Labute approximate surface area is 82.6 Å². The molecule has 0 amide bonds. The molecule has 1 aromatic carbocycles. The summed E-state index contributed by atoms with van der Waals surface area (Å²) in [6.45, 7) is 0.0957. The van der Waals surface area contributed by atoms with Gasteiger partial charge in [-0.3, -0.25) is 0 Å². The predicted octanol–water partition coefficient (Wildman–Crippen LogP) is 0.870. The molecule has 0 saturated carbocycles. The number of aliphatic hydroxyl groups is 1. The number of nitrogens with two attached hydrogens (primary N) is 1. The molecular formula is C10H15NO3. The number of hydrogen-bond donors (Lipinski definition) is 4. The Morgan fingerprint density at radius 2 is 1.71 bits per heavy atom. The molecule has 14 heavy (non-hydrogen) atoms. The lowest BCUT2D eigenvalue weighted by Gasteiger charge is -2.11. The zero-order chi connectivity index (χ0) is 10.6. The normalized spacial score (nSPS) is 12.7. The van der Waals surface area contributed by atoms with Gasteiger partial charge in [-0.05, 0) is 30.5 Å². The maximum atomic E-state index is 9.20. The van der Waals surface area contributed by atoms with Crippen LogP contribution in [0.5, 0.6) is 11.5 Å². The van der Waals surface area contributed by atoms with Gasteiger partial charge in [0.25, 0.3) is 0 Å². The minimum atomic E-state index is -0.264. The number of hydrogen-bond acceptors (Lipinski definition) is 4. The van der Waals surface area contributed by atoms with E-state index in [0.717, 1.165) is 0 Å². The average molecular weight is 197 g/mol. The number of phenolic OH excluding ortho intramolecular Hbond substituents is 2. The van der Waals surface area contributed by atoms with Gasteiger partial charge in [0.05, 0.1) is 0 Å². The number of aliphatic hydroxyl groups excluding tert-OH is 1. The highest BCUT2D eigenvalue weighted by Gasteiger charge is 2.07. The SMILES string of the molecule is N[C@@H](CCCO)c1cc(O)cc(O)c1. The smallest absolute Gasteiger partial charge is 0.119 e. The minimum absolute atomic E-state index is 0.000511. The van der Waals surface area contributed by atoms with Crippen LogP contribution < -0.4 is 5.73 Å². The highest BCUT2D eigenvalue weighted by atomic mass is 16.3. The first-order valence-electron chi connectivity index (χ1n) is 4.53. The topological polar surface area (TPSA) is 86.7 Å². The molecule has 4 heteroatoms. The fourth-order valence-electron chi connectivity index (χ4n) is 1.31. The Morgan fingerprint density at radius 1 is 1.14 bits per heavy atom. The lowest BCUT2D eigenvalue weighted by Crippen LogP contribution is -2.10. The van der Waals surface area contributed by atoms with Gasteiger partial charge in [-0.15, -0.1) is 0 Å². The van der Waals surface area contributed by atoms with Gasteiger partial charge in [0, 0.05) is 18.7 Å². The van der Waals surface area contributed by atoms with Crippen molar-refractivity contribution in [3.8, 4) is 11.5 Å². The van der Waals surface area contributed by atoms with Gasteiger partial charge >= 0.3 is 0 Å². The van der Waals surface area contributed by atoms with Crippen molar-refractivity contribution in [1.82, 2.24) is 0 Å². The van der Waals surface area contributed by atoms with Gasteiger partial charge in [-0.2, -0.15) is 0 Å². The van der Waals surface area contributed by atoms with Crippen molar-refractivity contribution in [2.45, 2.75) is 18.9 Å². The summed E-state index contributed by atoms with van der Waals surface area (Å²) in [5.74, 6) is -0.00102. The first kappa shape index (κ1) is 10.8. The summed E-state index contributed by atoms with van der Waals surface area (Å²) in [5.41, 5.74) is 6.46. The Balaban J connectivity index is 2.73. The summed E-state index contributed by atoms with van der Waals surface area (Å²) < 4.78 is 0. The number of benzene rings is 1. The molecule has 0 spiro atoms. The van der Waals surface area contributed by atoms with Crippen molar-refractivity contribution < 1.29 is 15.3 Å². The molecule has 1 atom stereocenters. The van der Waals surface area contributed by atoms with E-state index in [1.165, 1.54) is 18.2 Å². The molecule has 1 rings (SSSR count). The Morgan fingerprint density at radius 3 is 2.21 bits per heavy atom. The van der Waals surface area contributed by atoms with Crippen molar-refractivity contribution in [2.75, 3.05) is 6.61 Å². The Bertz CT molecular complexity index is 281. The lowest BCUT2D eigenvalue weighted by molar-refractivity contribution is 0.280. The van der Waals surface area contributed by atoms with Crippen LogP contribution in [0.15, 0.2) is 18.2 Å². The highest BCUT2D eigenvalue weighted by molar-refractivity contribution is 5.37. The average Bonchev–Trinajstić information content (AvgIpc) is 2.12. The van der Waals surface area contributed by atoms with E-state index in [2.05, 4.69) is 0 Å². The van der Waals surface area contributed by atoms with E-state index < -0.39 is 0 Å². The van der Waals surface area contributed by atoms with Crippen LogP contribution in [0.4, 0.5) is 0 Å². The first-order valence-corrected chi connectivity index (χ1v) is 4.53. The van der Waals surface area contributed by atoms with Gasteiger partial charge in [0.1, 0.15) is 11.5 Å². The summed E-state index contributed by atoms with van der Waals surface area (Å²) in [4.78, 5) is 0. The molecule has 0 heterocycles. The predicted molar refractivity (Wildman–Crippen MR) is 53.0 cm³/mol. The zero-order valence-corrected chi connectivity index (χ0v) is 7.85. The van der Waals surface area contributed by atoms with Crippen LogP contribution >= 0.6 is 0 Å². The van der Waals surface area contributed by atoms with Crippen LogP contribution in [0.25, 0.3) is 0 Å². The quantitative estimate of drug-likeness (QED) is 0.577. The molecule has 0 unspecified atom stereocenters.